The smallest absolute Gasteiger partial charge is 0.120 e. The van der Waals surface area contributed by atoms with E-state index in [1.807, 2.05) is 22.9 Å². The van der Waals surface area contributed by atoms with Crippen LogP contribution in [-0.2, 0) is 6.54 Å². The lowest BCUT2D eigenvalue weighted by Gasteiger charge is -2.11. The van der Waals surface area contributed by atoms with E-state index >= 15 is 0 Å². The van der Waals surface area contributed by atoms with Crippen LogP contribution in [-0.4, -0.2) is 9.55 Å². The van der Waals surface area contributed by atoms with E-state index in [0.29, 0.717) is 0 Å². The monoisotopic (exact) mass is 303 g/mol. The summed E-state index contributed by atoms with van der Waals surface area (Å²) in [6, 6.07) is 12.5. The van der Waals surface area contributed by atoms with Crippen LogP contribution in [0, 0.1) is 0 Å². The van der Waals surface area contributed by atoms with Crippen molar-refractivity contribution in [3.63, 3.8) is 0 Å². The van der Waals surface area contributed by atoms with E-state index < -0.39 is 0 Å². The Morgan fingerprint density at radius 1 is 1.24 bits per heavy atom. The van der Waals surface area contributed by atoms with Crippen LogP contribution in [0.4, 0.5) is 0 Å². The summed E-state index contributed by atoms with van der Waals surface area (Å²) in [4.78, 5) is 4.05. The first-order valence-electron chi connectivity index (χ1n) is 6.67. The highest BCUT2D eigenvalue weighted by Gasteiger charge is 2.07. The summed E-state index contributed by atoms with van der Waals surface area (Å²) in [7, 11) is 0. The Morgan fingerprint density at radius 3 is 2.67 bits per heavy atom. The summed E-state index contributed by atoms with van der Waals surface area (Å²) >= 11 is 0. The summed E-state index contributed by atoms with van der Waals surface area (Å²) < 4.78 is 7.37. The second-order valence-corrected chi connectivity index (χ2v) is 4.75. The van der Waals surface area contributed by atoms with Crippen molar-refractivity contribution in [2.75, 3.05) is 0 Å². The zero-order chi connectivity index (χ0) is 13.8. The van der Waals surface area contributed by atoms with Gasteiger partial charge in [0.2, 0.25) is 0 Å². The molecule has 0 aliphatic carbocycles. The van der Waals surface area contributed by atoms with E-state index in [2.05, 4.69) is 41.5 Å². The van der Waals surface area contributed by atoms with E-state index in [9.17, 15) is 0 Å². The fourth-order valence-corrected chi connectivity index (χ4v) is 2.11. The van der Waals surface area contributed by atoms with Crippen LogP contribution in [0.15, 0.2) is 65.8 Å². The minimum absolute atomic E-state index is 0. The van der Waals surface area contributed by atoms with Crippen LogP contribution in [0.2, 0.25) is 0 Å². The molecule has 0 aliphatic heterocycles. The summed E-state index contributed by atoms with van der Waals surface area (Å²) in [6.07, 6.45) is 7.21. The minimum Gasteiger partial charge on any atom is -0.468 e. The average Bonchev–Trinajstić information content (AvgIpc) is 3.18. The van der Waals surface area contributed by atoms with E-state index in [-0.39, 0.29) is 18.4 Å². The Bertz CT molecular complexity index is 633. The topological polar surface area (TPSA) is 43.0 Å². The summed E-state index contributed by atoms with van der Waals surface area (Å²) in [5.74, 6) is 0.958. The number of rotatable bonds is 5. The second-order valence-electron chi connectivity index (χ2n) is 4.75. The number of benzene rings is 1. The Hall–Kier alpha value is -2.04. The molecule has 3 aromatic rings. The van der Waals surface area contributed by atoms with Crippen molar-refractivity contribution in [3.8, 4) is 5.69 Å². The second kappa shape index (κ2) is 7.11. The van der Waals surface area contributed by atoms with E-state index in [0.717, 1.165) is 18.0 Å². The van der Waals surface area contributed by atoms with Crippen molar-refractivity contribution in [3.05, 3.63) is 72.7 Å². The largest absolute Gasteiger partial charge is 0.468 e. The maximum Gasteiger partial charge on any atom is 0.120 e. The minimum atomic E-state index is 0. The third kappa shape index (κ3) is 3.74. The van der Waals surface area contributed by atoms with Crippen LogP contribution < -0.4 is 5.32 Å². The molecule has 0 bridgehead atoms. The maximum absolute atomic E-state index is 5.38. The molecule has 1 aromatic carbocycles. The maximum atomic E-state index is 5.38. The molecule has 0 saturated heterocycles. The molecule has 21 heavy (non-hydrogen) atoms. The molecule has 0 aliphatic rings. The molecule has 3 rings (SSSR count). The molecular formula is C16H18ClN3O. The van der Waals surface area contributed by atoms with Crippen LogP contribution in [0.25, 0.3) is 5.69 Å². The third-order valence-corrected chi connectivity index (χ3v) is 3.32. The van der Waals surface area contributed by atoms with Crippen LogP contribution in [0.3, 0.4) is 0 Å². The number of hydrogen-bond donors (Lipinski definition) is 1. The van der Waals surface area contributed by atoms with Crippen molar-refractivity contribution >= 4 is 12.4 Å². The van der Waals surface area contributed by atoms with Crippen molar-refractivity contribution in [2.24, 2.45) is 0 Å². The number of halogens is 1. The molecular weight excluding hydrogens is 286 g/mol. The average molecular weight is 304 g/mol. The van der Waals surface area contributed by atoms with Crippen molar-refractivity contribution in [1.82, 2.24) is 14.9 Å². The number of nitrogens with zero attached hydrogens (tertiary/aromatic N) is 2. The highest BCUT2D eigenvalue weighted by atomic mass is 35.5. The molecule has 0 radical (unpaired) electrons. The van der Waals surface area contributed by atoms with E-state index in [1.54, 1.807) is 18.8 Å². The van der Waals surface area contributed by atoms with E-state index in [1.165, 1.54) is 5.56 Å². The van der Waals surface area contributed by atoms with Gasteiger partial charge in [0.05, 0.1) is 18.6 Å². The number of imidazole rings is 1. The predicted molar refractivity (Wildman–Crippen MR) is 84.8 cm³/mol. The molecule has 4 nitrogen and oxygen atoms in total. The van der Waals surface area contributed by atoms with Gasteiger partial charge in [-0.2, -0.15) is 0 Å². The lowest BCUT2D eigenvalue weighted by atomic mass is 10.2. The first-order valence-corrected chi connectivity index (χ1v) is 6.67. The lowest BCUT2D eigenvalue weighted by molar-refractivity contribution is 0.430. The molecule has 0 saturated carbocycles. The molecule has 1 atom stereocenters. The van der Waals surface area contributed by atoms with Gasteiger partial charge in [0.1, 0.15) is 5.76 Å². The van der Waals surface area contributed by atoms with Crippen molar-refractivity contribution < 1.29 is 4.42 Å². The molecule has 2 aromatic heterocycles. The van der Waals surface area contributed by atoms with Gasteiger partial charge in [0.15, 0.2) is 0 Å². The highest BCUT2D eigenvalue weighted by Crippen LogP contribution is 2.14. The fraction of sp³-hybridized carbons (Fsp3) is 0.188. The van der Waals surface area contributed by atoms with Gasteiger partial charge in [-0.25, -0.2) is 4.98 Å². The molecule has 0 amide bonds. The highest BCUT2D eigenvalue weighted by molar-refractivity contribution is 5.85. The molecule has 0 spiro atoms. The predicted octanol–water partition coefficient (Wildman–Crippen LogP) is 3.74. The quantitative estimate of drug-likeness (QED) is 0.781. The molecule has 5 heteroatoms. The zero-order valence-corrected chi connectivity index (χ0v) is 12.6. The zero-order valence-electron chi connectivity index (χ0n) is 11.8. The number of hydrogen-bond acceptors (Lipinski definition) is 3. The summed E-state index contributed by atoms with van der Waals surface area (Å²) in [5, 5.41) is 3.44. The molecule has 0 fully saturated rings. The normalized spacial score (nSPS) is 11.9. The first-order chi connectivity index (χ1) is 9.83. The van der Waals surface area contributed by atoms with Gasteiger partial charge in [-0.3, -0.25) is 0 Å². The SMILES string of the molecule is CC(NCc1ccc(-n2ccnc2)cc1)c1ccco1.Cl. The molecule has 2 heterocycles. The first kappa shape index (κ1) is 15.4. The Labute approximate surface area is 130 Å². The van der Waals surface area contributed by atoms with Gasteiger partial charge in [-0.15, -0.1) is 12.4 Å². The van der Waals surface area contributed by atoms with Crippen LogP contribution >= 0.6 is 12.4 Å². The molecule has 110 valence electrons. The number of nitrogens with one attached hydrogen (secondary N) is 1. The van der Waals surface area contributed by atoms with Crippen LogP contribution in [0.5, 0.6) is 0 Å². The van der Waals surface area contributed by atoms with Gasteiger partial charge >= 0.3 is 0 Å². The van der Waals surface area contributed by atoms with Crippen molar-refractivity contribution in [2.45, 2.75) is 19.5 Å². The fourth-order valence-electron chi connectivity index (χ4n) is 2.11. The lowest BCUT2D eigenvalue weighted by Crippen LogP contribution is -2.17. The van der Waals surface area contributed by atoms with Crippen LogP contribution in [0.1, 0.15) is 24.3 Å². The Balaban J connectivity index is 0.00000161. The third-order valence-electron chi connectivity index (χ3n) is 3.32. The van der Waals surface area contributed by atoms with Gasteiger partial charge in [-0.05, 0) is 36.8 Å². The van der Waals surface area contributed by atoms with Crippen molar-refractivity contribution in [1.29, 1.82) is 0 Å². The van der Waals surface area contributed by atoms with Gasteiger partial charge < -0.3 is 14.3 Å². The van der Waals surface area contributed by atoms with Gasteiger partial charge in [0, 0.05) is 24.6 Å². The van der Waals surface area contributed by atoms with E-state index in [4.69, 9.17) is 4.42 Å². The summed E-state index contributed by atoms with van der Waals surface area (Å²) in [5.41, 5.74) is 2.36. The Kier molecular flexibility index (Phi) is 5.20. The molecule has 1 N–H and O–H groups in total. The summed E-state index contributed by atoms with van der Waals surface area (Å²) in [6.45, 7) is 2.91. The molecule has 1 unspecified atom stereocenters. The van der Waals surface area contributed by atoms with Gasteiger partial charge in [0.25, 0.3) is 0 Å². The number of aromatic nitrogens is 2. The van der Waals surface area contributed by atoms with Gasteiger partial charge in [-0.1, -0.05) is 12.1 Å². The standard InChI is InChI=1S/C16H17N3O.ClH/c1-13(16-3-2-10-20-16)18-11-14-4-6-15(7-5-14)19-9-8-17-12-19;/h2-10,12-13,18H,11H2,1H3;1H. The number of furan rings is 1. The Morgan fingerprint density at radius 2 is 2.05 bits per heavy atom.